The summed E-state index contributed by atoms with van der Waals surface area (Å²) in [6.07, 6.45) is 3.71. The van der Waals surface area contributed by atoms with Crippen LogP contribution in [-0.2, 0) is 11.2 Å². The number of carbonyl (C=O) groups excluding carboxylic acids is 1. The predicted molar refractivity (Wildman–Crippen MR) is 72.7 cm³/mol. The molecule has 0 aliphatic carbocycles. The van der Waals surface area contributed by atoms with Gasteiger partial charge in [-0.25, -0.2) is 0 Å². The maximum absolute atomic E-state index is 12.4. The number of amides is 1. The van der Waals surface area contributed by atoms with E-state index < -0.39 is 0 Å². The number of aryl methyl sites for hydroxylation is 1. The van der Waals surface area contributed by atoms with Gasteiger partial charge in [-0.1, -0.05) is 31.6 Å². The molecule has 2 heterocycles. The quantitative estimate of drug-likeness (QED) is 0.855. The number of anilines is 1. The molecule has 0 radical (unpaired) electrons. The third-order valence-electron chi connectivity index (χ3n) is 3.44. The molecule has 1 amide bonds. The Morgan fingerprint density at radius 3 is 2.89 bits per heavy atom. The highest BCUT2D eigenvalue weighted by molar-refractivity contribution is 7.15. The van der Waals surface area contributed by atoms with Gasteiger partial charge in [0.25, 0.3) is 0 Å². The van der Waals surface area contributed by atoms with E-state index in [2.05, 4.69) is 27.8 Å². The van der Waals surface area contributed by atoms with Gasteiger partial charge in [-0.15, -0.1) is 10.2 Å². The number of aromatic nitrogens is 2. The normalized spacial score (nSPS) is 23.2. The highest BCUT2D eigenvalue weighted by Gasteiger charge is 2.40. The Bertz CT molecular complexity index is 412. The third kappa shape index (κ3) is 2.70. The Morgan fingerprint density at radius 2 is 2.33 bits per heavy atom. The van der Waals surface area contributed by atoms with E-state index in [1.807, 2.05) is 6.92 Å². The molecule has 1 aromatic heterocycles. The molecule has 1 atom stereocenters. The van der Waals surface area contributed by atoms with Crippen LogP contribution in [0.25, 0.3) is 0 Å². The van der Waals surface area contributed by atoms with Crippen LogP contribution in [0.4, 0.5) is 5.13 Å². The molecule has 0 aromatic carbocycles. The fraction of sp³-hybridized carbons (Fsp3) is 0.750. The van der Waals surface area contributed by atoms with Crippen molar-refractivity contribution in [2.24, 2.45) is 5.41 Å². The zero-order valence-corrected chi connectivity index (χ0v) is 11.8. The summed E-state index contributed by atoms with van der Waals surface area (Å²) in [6.45, 7) is 5.84. The summed E-state index contributed by atoms with van der Waals surface area (Å²) < 4.78 is 0. The number of nitrogens with one attached hydrogen (secondary N) is 2. The van der Waals surface area contributed by atoms with Gasteiger partial charge in [-0.3, -0.25) is 10.1 Å². The van der Waals surface area contributed by atoms with Gasteiger partial charge in [0.05, 0.1) is 5.41 Å². The van der Waals surface area contributed by atoms with E-state index in [4.69, 9.17) is 0 Å². The molecular formula is C12H20N4OS. The Labute approximate surface area is 111 Å². The average Bonchev–Trinajstić information content (AvgIpc) is 2.99. The van der Waals surface area contributed by atoms with Crippen LogP contribution in [-0.4, -0.2) is 29.2 Å². The van der Waals surface area contributed by atoms with Gasteiger partial charge in [-0.2, -0.15) is 0 Å². The van der Waals surface area contributed by atoms with Crippen LogP contribution in [0, 0.1) is 5.41 Å². The largest absolute Gasteiger partial charge is 0.316 e. The van der Waals surface area contributed by atoms with Gasteiger partial charge >= 0.3 is 0 Å². The van der Waals surface area contributed by atoms with Crippen molar-refractivity contribution in [3.05, 3.63) is 5.01 Å². The maximum atomic E-state index is 12.4. The zero-order chi connectivity index (χ0) is 13.0. The van der Waals surface area contributed by atoms with Crippen LogP contribution >= 0.6 is 11.3 Å². The summed E-state index contributed by atoms with van der Waals surface area (Å²) >= 11 is 1.46. The highest BCUT2D eigenvalue weighted by atomic mass is 32.1. The van der Waals surface area contributed by atoms with Crippen LogP contribution in [0.1, 0.15) is 38.1 Å². The molecule has 2 rings (SSSR count). The van der Waals surface area contributed by atoms with Crippen molar-refractivity contribution in [1.29, 1.82) is 0 Å². The standard InChI is InChI=1S/C12H20N4OS/c1-3-5-12(6-7-13-8-12)10(17)14-11-16-15-9(4-2)18-11/h13H,3-8H2,1-2H3,(H,14,16,17). The van der Waals surface area contributed by atoms with Crippen molar-refractivity contribution in [2.45, 2.75) is 39.5 Å². The van der Waals surface area contributed by atoms with Crippen molar-refractivity contribution in [3.63, 3.8) is 0 Å². The van der Waals surface area contributed by atoms with Crippen molar-refractivity contribution in [1.82, 2.24) is 15.5 Å². The van der Waals surface area contributed by atoms with E-state index in [1.54, 1.807) is 0 Å². The van der Waals surface area contributed by atoms with Gasteiger partial charge in [0, 0.05) is 6.54 Å². The Balaban J connectivity index is 2.05. The molecule has 0 saturated carbocycles. The molecule has 0 bridgehead atoms. The van der Waals surface area contributed by atoms with Gasteiger partial charge in [-0.05, 0) is 25.8 Å². The molecule has 100 valence electrons. The molecule has 6 heteroatoms. The lowest BCUT2D eigenvalue weighted by Crippen LogP contribution is -2.38. The minimum atomic E-state index is -0.257. The Hall–Kier alpha value is -1.01. The topological polar surface area (TPSA) is 66.9 Å². The van der Waals surface area contributed by atoms with Gasteiger partial charge < -0.3 is 5.32 Å². The molecule has 1 fully saturated rings. The molecule has 1 unspecified atom stereocenters. The summed E-state index contributed by atoms with van der Waals surface area (Å²) in [7, 11) is 0. The third-order valence-corrected chi connectivity index (χ3v) is 4.43. The maximum Gasteiger partial charge on any atom is 0.233 e. The van der Waals surface area contributed by atoms with E-state index >= 15 is 0 Å². The van der Waals surface area contributed by atoms with E-state index in [0.29, 0.717) is 5.13 Å². The van der Waals surface area contributed by atoms with E-state index in [-0.39, 0.29) is 11.3 Å². The summed E-state index contributed by atoms with van der Waals surface area (Å²) in [5, 5.41) is 15.8. The van der Waals surface area contributed by atoms with Crippen molar-refractivity contribution in [3.8, 4) is 0 Å². The van der Waals surface area contributed by atoms with Gasteiger partial charge in [0.1, 0.15) is 5.01 Å². The molecule has 1 aliphatic heterocycles. The predicted octanol–water partition coefficient (Wildman–Crippen LogP) is 1.82. The van der Waals surface area contributed by atoms with Crippen molar-refractivity contribution in [2.75, 3.05) is 18.4 Å². The second kappa shape index (κ2) is 5.75. The van der Waals surface area contributed by atoms with E-state index in [9.17, 15) is 4.79 Å². The first kappa shape index (κ1) is 13.4. The number of rotatable bonds is 5. The van der Waals surface area contributed by atoms with E-state index in [0.717, 1.165) is 43.8 Å². The average molecular weight is 268 g/mol. The van der Waals surface area contributed by atoms with Gasteiger partial charge in [0.15, 0.2) is 0 Å². The van der Waals surface area contributed by atoms with Gasteiger partial charge in [0.2, 0.25) is 11.0 Å². The van der Waals surface area contributed by atoms with Crippen LogP contribution in [0.2, 0.25) is 0 Å². The fourth-order valence-corrected chi connectivity index (χ4v) is 3.09. The first-order valence-corrected chi connectivity index (χ1v) is 7.36. The molecule has 1 aromatic rings. The van der Waals surface area contributed by atoms with Crippen LogP contribution in [0.15, 0.2) is 0 Å². The highest BCUT2D eigenvalue weighted by Crippen LogP contribution is 2.32. The van der Waals surface area contributed by atoms with Crippen LogP contribution < -0.4 is 10.6 Å². The molecule has 18 heavy (non-hydrogen) atoms. The molecular weight excluding hydrogens is 248 g/mol. The summed E-state index contributed by atoms with van der Waals surface area (Å²) in [4.78, 5) is 12.4. The molecule has 0 spiro atoms. The lowest BCUT2D eigenvalue weighted by atomic mass is 9.81. The van der Waals surface area contributed by atoms with Crippen molar-refractivity contribution >= 4 is 22.4 Å². The fourth-order valence-electron chi connectivity index (χ4n) is 2.42. The van der Waals surface area contributed by atoms with Crippen LogP contribution in [0.5, 0.6) is 0 Å². The zero-order valence-electron chi connectivity index (χ0n) is 11.0. The summed E-state index contributed by atoms with van der Waals surface area (Å²) in [5.41, 5.74) is -0.257. The molecule has 5 nitrogen and oxygen atoms in total. The van der Waals surface area contributed by atoms with Crippen LogP contribution in [0.3, 0.4) is 0 Å². The number of hydrogen-bond donors (Lipinski definition) is 2. The number of hydrogen-bond acceptors (Lipinski definition) is 5. The summed E-state index contributed by atoms with van der Waals surface area (Å²) in [5.74, 6) is 0.0909. The monoisotopic (exact) mass is 268 g/mol. The smallest absolute Gasteiger partial charge is 0.233 e. The minimum Gasteiger partial charge on any atom is -0.316 e. The second-order valence-corrected chi connectivity index (χ2v) is 5.83. The SMILES string of the molecule is CCCC1(C(=O)Nc2nnc(CC)s2)CCNC1. The minimum absolute atomic E-state index is 0.0909. The lowest BCUT2D eigenvalue weighted by Gasteiger charge is -2.25. The van der Waals surface area contributed by atoms with Crippen molar-refractivity contribution < 1.29 is 4.79 Å². The lowest BCUT2D eigenvalue weighted by molar-refractivity contribution is -0.125. The second-order valence-electron chi connectivity index (χ2n) is 4.77. The molecule has 2 N–H and O–H groups in total. The van der Waals surface area contributed by atoms with E-state index in [1.165, 1.54) is 11.3 Å². The summed E-state index contributed by atoms with van der Waals surface area (Å²) in [6, 6.07) is 0. The number of nitrogens with zero attached hydrogens (tertiary/aromatic N) is 2. The number of carbonyl (C=O) groups is 1. The molecule has 1 saturated heterocycles. The molecule has 1 aliphatic rings. The Kier molecular flexibility index (Phi) is 4.29. The first-order chi connectivity index (χ1) is 8.70. The Morgan fingerprint density at radius 1 is 1.50 bits per heavy atom. The first-order valence-electron chi connectivity index (χ1n) is 6.55.